The Morgan fingerprint density at radius 3 is 2.79 bits per heavy atom. The second-order valence-corrected chi connectivity index (χ2v) is 10.3. The predicted molar refractivity (Wildman–Crippen MR) is 111 cm³/mol. The monoisotopic (exact) mass is 480 g/mol. The molecule has 1 aliphatic heterocycles. The van der Waals surface area contributed by atoms with E-state index in [4.69, 9.17) is 16.3 Å². The summed E-state index contributed by atoms with van der Waals surface area (Å²) in [6.45, 7) is -2.74. The maximum atomic E-state index is 12.9. The lowest BCUT2D eigenvalue weighted by Crippen LogP contribution is -2.79. The number of aliphatic hydroxyl groups excluding tert-OH is 1. The Kier molecular flexibility index (Phi) is 4.73. The Morgan fingerprint density at radius 1 is 1.30 bits per heavy atom. The number of nitrogens with zero attached hydrogens (tertiary/aromatic N) is 3. The number of nitrogens with one attached hydrogen (secondary N) is 1. The van der Waals surface area contributed by atoms with E-state index >= 15 is 0 Å². The van der Waals surface area contributed by atoms with E-state index in [-0.39, 0.29) is 29.3 Å². The first-order valence-electron chi connectivity index (χ1n) is 11.1. The van der Waals surface area contributed by atoms with E-state index in [0.29, 0.717) is 29.2 Å². The normalized spacial score (nSPS) is 36.2. The average Bonchev–Trinajstić information content (AvgIpc) is 3.15. The molecule has 2 bridgehead atoms. The van der Waals surface area contributed by atoms with Crippen LogP contribution in [0, 0.1) is 0 Å². The number of ether oxygens (including phenoxy) is 2. The van der Waals surface area contributed by atoms with Gasteiger partial charge < -0.3 is 19.9 Å². The third kappa shape index (κ3) is 3.50. The summed E-state index contributed by atoms with van der Waals surface area (Å²) >= 11 is 5.99. The number of carbonyl (C=O) groups excluding carboxylic acids is 1. The van der Waals surface area contributed by atoms with Crippen LogP contribution in [0.3, 0.4) is 0 Å². The molecular weight excluding hydrogens is 458 g/mol. The van der Waals surface area contributed by atoms with Crippen LogP contribution in [-0.2, 0) is 15.1 Å². The molecule has 11 heteroatoms. The van der Waals surface area contributed by atoms with Crippen LogP contribution in [0.5, 0.6) is 5.75 Å². The molecule has 5 aliphatic rings. The molecule has 2 aromatic rings. The van der Waals surface area contributed by atoms with Crippen LogP contribution in [0.1, 0.15) is 61.8 Å². The maximum absolute atomic E-state index is 12.9. The van der Waals surface area contributed by atoms with Gasteiger partial charge in [-0.1, -0.05) is 16.8 Å². The van der Waals surface area contributed by atoms with Crippen LogP contribution in [0.4, 0.5) is 8.78 Å². The topological polar surface area (TPSA) is 98.5 Å². The lowest BCUT2D eigenvalue weighted by molar-refractivity contribution is -0.184. The number of alkyl halides is 2. The number of amides is 1. The Labute approximate surface area is 193 Å². The van der Waals surface area contributed by atoms with Gasteiger partial charge in [-0.3, -0.25) is 4.79 Å². The van der Waals surface area contributed by atoms with Crippen molar-refractivity contribution in [2.24, 2.45) is 0 Å². The van der Waals surface area contributed by atoms with Crippen molar-refractivity contribution in [3.63, 3.8) is 0 Å². The first-order chi connectivity index (χ1) is 15.7. The third-order valence-corrected chi connectivity index (χ3v) is 7.76. The molecule has 176 valence electrons. The lowest BCUT2D eigenvalue weighted by atomic mass is 9.44. The van der Waals surface area contributed by atoms with Gasteiger partial charge in [-0.15, -0.1) is 5.10 Å². The quantitative estimate of drug-likeness (QED) is 0.659. The molecule has 0 spiro atoms. The van der Waals surface area contributed by atoms with Crippen LogP contribution in [0.15, 0.2) is 24.4 Å². The van der Waals surface area contributed by atoms with Gasteiger partial charge in [0.2, 0.25) is 0 Å². The number of aromatic nitrogens is 3. The molecule has 2 atom stereocenters. The fourth-order valence-electron chi connectivity index (χ4n) is 5.79. The van der Waals surface area contributed by atoms with E-state index in [1.807, 2.05) is 10.9 Å². The fourth-order valence-corrected chi connectivity index (χ4v) is 5.97. The summed E-state index contributed by atoms with van der Waals surface area (Å²) < 4.78 is 36.8. The predicted octanol–water partition coefficient (Wildman–Crippen LogP) is 3.05. The van der Waals surface area contributed by atoms with Crippen molar-refractivity contribution in [2.45, 2.75) is 80.4 Å². The molecule has 33 heavy (non-hydrogen) atoms. The minimum absolute atomic E-state index is 0.0937. The van der Waals surface area contributed by atoms with Gasteiger partial charge in [-0.2, -0.15) is 8.78 Å². The summed E-state index contributed by atoms with van der Waals surface area (Å²) in [7, 11) is 0. The Balaban J connectivity index is 1.04. The molecule has 1 aromatic heterocycles. The molecule has 0 radical (unpaired) electrons. The minimum atomic E-state index is -2.74. The summed E-state index contributed by atoms with van der Waals surface area (Å²) in [5.41, 5.74) is 0.953. The highest BCUT2D eigenvalue weighted by molar-refractivity contribution is 6.30. The van der Waals surface area contributed by atoms with Crippen molar-refractivity contribution >= 4 is 17.5 Å². The highest BCUT2D eigenvalue weighted by Crippen LogP contribution is 2.65. The Morgan fingerprint density at radius 2 is 2.06 bits per heavy atom. The number of halogens is 3. The van der Waals surface area contributed by atoms with E-state index < -0.39 is 24.9 Å². The van der Waals surface area contributed by atoms with E-state index in [2.05, 4.69) is 20.4 Å². The highest BCUT2D eigenvalue weighted by atomic mass is 35.5. The zero-order valence-electron chi connectivity index (χ0n) is 17.6. The van der Waals surface area contributed by atoms with Crippen molar-refractivity contribution in [2.75, 3.05) is 0 Å². The van der Waals surface area contributed by atoms with Crippen molar-refractivity contribution in [1.29, 1.82) is 0 Å². The molecule has 2 N–H and O–H groups in total. The number of hydrogen-bond donors (Lipinski definition) is 2. The molecule has 8 nitrogen and oxygen atoms in total. The number of carbonyl (C=O) groups is 1. The van der Waals surface area contributed by atoms with Gasteiger partial charge in [0.05, 0.1) is 23.4 Å². The van der Waals surface area contributed by atoms with Crippen LogP contribution in [0.25, 0.3) is 0 Å². The lowest BCUT2D eigenvalue weighted by Gasteiger charge is -2.69. The highest BCUT2D eigenvalue weighted by Gasteiger charge is 2.70. The summed E-state index contributed by atoms with van der Waals surface area (Å²) in [6, 6.07) is 4.99. The van der Waals surface area contributed by atoms with Gasteiger partial charge >= 0.3 is 6.61 Å². The summed E-state index contributed by atoms with van der Waals surface area (Å²) in [6.07, 6.45) is 3.37. The second kappa shape index (κ2) is 7.35. The minimum Gasteiger partial charge on any atom is -0.480 e. The second-order valence-electron chi connectivity index (χ2n) is 9.84. The number of fused-ring (bicyclic) bond motifs is 1. The van der Waals surface area contributed by atoms with Crippen LogP contribution in [0.2, 0.25) is 5.02 Å². The van der Waals surface area contributed by atoms with Gasteiger partial charge in [0.15, 0.2) is 6.10 Å². The first kappa shape index (κ1) is 21.2. The molecule has 0 saturated heterocycles. The van der Waals surface area contributed by atoms with Gasteiger partial charge in [0.25, 0.3) is 5.91 Å². The average molecular weight is 481 g/mol. The fraction of sp³-hybridized carbons (Fsp3) is 0.591. The summed E-state index contributed by atoms with van der Waals surface area (Å²) in [4.78, 5) is 12.9. The molecule has 1 aromatic carbocycles. The standard InChI is InChI=1S/C22H23ClF2N4O4/c23-12-1-2-17-14(5-12)16(30)6-18(33-17)19(31)26-21-8-22(9-21,10-21)29-7-15(27-28-29)11-3-13(4-11)32-20(24)25/h1-2,5,7,11,13,16,18,20,30H,3-4,6,8-10H2,(H,26,31)/t11?,13?,16-,18-,21?,22?/m1/s1. The van der Waals surface area contributed by atoms with Gasteiger partial charge in [-0.05, 0) is 50.3 Å². The number of rotatable bonds is 6. The largest absolute Gasteiger partial charge is 0.480 e. The zero-order valence-corrected chi connectivity index (χ0v) is 18.3. The maximum Gasteiger partial charge on any atom is 0.345 e. The summed E-state index contributed by atoms with van der Waals surface area (Å²) in [5, 5.41) is 22.6. The Bertz CT molecular complexity index is 1090. The first-order valence-corrected chi connectivity index (χ1v) is 11.4. The van der Waals surface area contributed by atoms with E-state index in [0.717, 1.165) is 25.0 Å². The van der Waals surface area contributed by atoms with Gasteiger partial charge in [0, 0.05) is 34.7 Å². The Hall–Kier alpha value is -2.30. The number of hydrogen-bond acceptors (Lipinski definition) is 6. The van der Waals surface area contributed by atoms with Crippen molar-refractivity contribution in [1.82, 2.24) is 20.3 Å². The zero-order chi connectivity index (χ0) is 23.0. The third-order valence-electron chi connectivity index (χ3n) is 7.53. The van der Waals surface area contributed by atoms with E-state index in [1.165, 1.54) is 0 Å². The smallest absolute Gasteiger partial charge is 0.345 e. The van der Waals surface area contributed by atoms with E-state index in [9.17, 15) is 18.7 Å². The van der Waals surface area contributed by atoms with Gasteiger partial charge in [0.1, 0.15) is 5.75 Å². The van der Waals surface area contributed by atoms with Crippen LogP contribution >= 0.6 is 11.6 Å². The molecular formula is C22H23ClF2N4O4. The molecule has 4 aliphatic carbocycles. The van der Waals surface area contributed by atoms with Crippen LogP contribution in [-0.4, -0.2) is 50.4 Å². The van der Waals surface area contributed by atoms with Crippen LogP contribution < -0.4 is 10.1 Å². The number of benzene rings is 1. The summed E-state index contributed by atoms with van der Waals surface area (Å²) in [5.74, 6) is 0.331. The number of aliphatic hydroxyl groups is 1. The van der Waals surface area contributed by atoms with Crippen molar-refractivity contribution < 1.29 is 28.2 Å². The van der Waals surface area contributed by atoms with Crippen molar-refractivity contribution in [3.8, 4) is 5.75 Å². The molecule has 2 heterocycles. The molecule has 4 fully saturated rings. The van der Waals surface area contributed by atoms with Crippen molar-refractivity contribution in [3.05, 3.63) is 40.7 Å². The molecule has 1 amide bonds. The molecule has 7 rings (SSSR count). The molecule has 4 saturated carbocycles. The SMILES string of the molecule is O=C(NC12CC(n3cc(C4CC(OC(F)F)C4)nn3)(C1)C2)[C@H]1C[C@@H](O)c2cc(Cl)ccc2O1. The van der Waals surface area contributed by atoms with E-state index in [1.54, 1.807) is 18.2 Å². The molecule has 0 unspecified atom stereocenters. The van der Waals surface area contributed by atoms with Gasteiger partial charge in [-0.25, -0.2) is 4.68 Å².